The van der Waals surface area contributed by atoms with Crippen LogP contribution in [0.1, 0.15) is 30.0 Å². The topological polar surface area (TPSA) is 35.6 Å². The average Bonchev–Trinajstić information content (AvgIpc) is 3.32. The highest BCUT2D eigenvalue weighted by molar-refractivity contribution is 5.97. The minimum atomic E-state index is -0.252. The molecule has 28 heavy (non-hydrogen) atoms. The first-order chi connectivity index (χ1) is 13.7. The van der Waals surface area contributed by atoms with Crippen molar-refractivity contribution in [3.8, 4) is 0 Å². The van der Waals surface area contributed by atoms with Crippen molar-refractivity contribution in [2.24, 2.45) is 0 Å². The lowest BCUT2D eigenvalue weighted by Crippen LogP contribution is -2.27. The normalized spacial score (nSPS) is 18.6. The van der Waals surface area contributed by atoms with Crippen LogP contribution in [0.15, 0.2) is 72.8 Å². The average molecular weight is 373 g/mol. The summed E-state index contributed by atoms with van der Waals surface area (Å²) in [5.74, 6) is -0.0897. The highest BCUT2D eigenvalue weighted by Gasteiger charge is 2.34. The van der Waals surface area contributed by atoms with Crippen molar-refractivity contribution in [1.29, 1.82) is 0 Å². The van der Waals surface area contributed by atoms with Crippen LogP contribution >= 0.6 is 0 Å². The van der Waals surface area contributed by atoms with Crippen LogP contribution in [0.5, 0.6) is 0 Å². The van der Waals surface area contributed by atoms with Gasteiger partial charge in [0.25, 0.3) is 0 Å². The molecule has 5 heteroatoms. The third-order valence-corrected chi connectivity index (χ3v) is 5.49. The molecule has 140 valence electrons. The Bertz CT molecular complexity index is 1020. The summed E-state index contributed by atoms with van der Waals surface area (Å²) in [5.41, 5.74) is 8.46. The van der Waals surface area contributed by atoms with Gasteiger partial charge in [-0.25, -0.2) is 9.82 Å². The van der Waals surface area contributed by atoms with Crippen LogP contribution in [0, 0.1) is 5.82 Å². The summed E-state index contributed by atoms with van der Waals surface area (Å²) in [6, 6.07) is 22.8. The molecular weight excluding hydrogens is 353 g/mol. The number of rotatable bonds is 3. The van der Waals surface area contributed by atoms with E-state index >= 15 is 0 Å². The molecule has 5 rings (SSSR count). The second-order valence-electron chi connectivity index (χ2n) is 7.19. The number of benzene rings is 3. The molecule has 1 unspecified atom stereocenters. The van der Waals surface area contributed by atoms with Crippen molar-refractivity contribution in [2.75, 3.05) is 9.91 Å². The minimum Gasteiger partial charge on any atom is -0.305 e. The molecule has 0 radical (unpaired) electrons. The zero-order chi connectivity index (χ0) is 19.1. The van der Waals surface area contributed by atoms with Crippen LogP contribution in [0.25, 0.3) is 0 Å². The number of hydrazine groups is 1. The van der Waals surface area contributed by atoms with Crippen molar-refractivity contribution in [2.45, 2.75) is 25.4 Å². The molecule has 3 aromatic carbocycles. The number of anilines is 3. The van der Waals surface area contributed by atoms with E-state index in [0.29, 0.717) is 13.0 Å². The van der Waals surface area contributed by atoms with Gasteiger partial charge in [-0.3, -0.25) is 9.80 Å². The summed E-state index contributed by atoms with van der Waals surface area (Å²) in [7, 11) is 0. The summed E-state index contributed by atoms with van der Waals surface area (Å²) in [6.07, 6.45) is 1.40. The van der Waals surface area contributed by atoms with Crippen LogP contribution < -0.4 is 15.3 Å². The Labute approximate surface area is 163 Å². The van der Waals surface area contributed by atoms with E-state index in [1.54, 1.807) is 12.1 Å². The Morgan fingerprint density at radius 1 is 0.929 bits per heavy atom. The number of nitrogens with one attached hydrogen (secondary N) is 1. The summed E-state index contributed by atoms with van der Waals surface area (Å²) in [6.45, 7) is 0.665. The Morgan fingerprint density at radius 3 is 2.46 bits per heavy atom. The molecular formula is C23H20FN3O. The molecule has 1 atom stereocenters. The fraction of sp³-hybridized carbons (Fsp3) is 0.174. The van der Waals surface area contributed by atoms with Crippen molar-refractivity contribution >= 4 is 23.0 Å². The number of hydrogen-bond acceptors (Lipinski definition) is 3. The maximum atomic E-state index is 13.2. The number of carbonyl (C=O) groups is 1. The Hall–Kier alpha value is -3.18. The van der Waals surface area contributed by atoms with Crippen LogP contribution in [-0.2, 0) is 11.3 Å². The van der Waals surface area contributed by atoms with Gasteiger partial charge < -0.3 is 4.90 Å². The van der Waals surface area contributed by atoms with Crippen LogP contribution in [0.4, 0.5) is 21.5 Å². The Morgan fingerprint density at radius 2 is 1.68 bits per heavy atom. The molecule has 0 bridgehead atoms. The molecule has 0 saturated carbocycles. The van der Waals surface area contributed by atoms with E-state index in [9.17, 15) is 9.18 Å². The zero-order valence-electron chi connectivity index (χ0n) is 15.3. The monoisotopic (exact) mass is 373 g/mol. The molecule has 2 aliphatic heterocycles. The van der Waals surface area contributed by atoms with Crippen LogP contribution in [0.3, 0.4) is 0 Å². The van der Waals surface area contributed by atoms with E-state index < -0.39 is 0 Å². The molecule has 1 fully saturated rings. The van der Waals surface area contributed by atoms with E-state index in [4.69, 9.17) is 0 Å². The third-order valence-electron chi connectivity index (χ3n) is 5.49. The van der Waals surface area contributed by atoms with Crippen molar-refractivity contribution in [3.05, 3.63) is 89.7 Å². The molecule has 1 amide bonds. The van der Waals surface area contributed by atoms with E-state index in [-0.39, 0.29) is 17.8 Å². The zero-order valence-corrected chi connectivity index (χ0v) is 15.3. The molecule has 0 spiro atoms. The predicted molar refractivity (Wildman–Crippen MR) is 108 cm³/mol. The molecule has 2 heterocycles. The first-order valence-corrected chi connectivity index (χ1v) is 9.50. The van der Waals surface area contributed by atoms with Crippen molar-refractivity contribution in [3.63, 3.8) is 0 Å². The molecule has 2 aliphatic rings. The number of hydrogen-bond donors (Lipinski definition) is 1. The largest absolute Gasteiger partial charge is 0.305 e. The van der Waals surface area contributed by atoms with Gasteiger partial charge in [-0.15, -0.1) is 0 Å². The molecule has 3 aromatic rings. The van der Waals surface area contributed by atoms with Gasteiger partial charge in [-0.2, -0.15) is 0 Å². The number of halogens is 1. The maximum Gasteiger partial charge on any atom is 0.227 e. The molecule has 0 aliphatic carbocycles. The van der Waals surface area contributed by atoms with Gasteiger partial charge >= 0.3 is 0 Å². The second kappa shape index (κ2) is 6.77. The summed E-state index contributed by atoms with van der Waals surface area (Å²) in [5, 5.41) is 1.96. The minimum absolute atomic E-state index is 0.0781. The van der Waals surface area contributed by atoms with Gasteiger partial charge in [0.05, 0.1) is 17.4 Å². The van der Waals surface area contributed by atoms with Crippen LogP contribution in [-0.4, -0.2) is 5.91 Å². The van der Waals surface area contributed by atoms with Gasteiger partial charge in [0.2, 0.25) is 5.91 Å². The van der Waals surface area contributed by atoms with Gasteiger partial charge in [0.15, 0.2) is 0 Å². The molecule has 0 aromatic heterocycles. The third kappa shape index (κ3) is 2.84. The first-order valence-electron chi connectivity index (χ1n) is 9.50. The van der Waals surface area contributed by atoms with Crippen LogP contribution in [0.2, 0.25) is 0 Å². The maximum absolute atomic E-state index is 13.2. The highest BCUT2D eigenvalue weighted by atomic mass is 19.1. The Kier molecular flexibility index (Phi) is 4.10. The lowest BCUT2D eigenvalue weighted by Gasteiger charge is -2.26. The van der Waals surface area contributed by atoms with Crippen molar-refractivity contribution < 1.29 is 9.18 Å². The molecule has 1 N–H and O–H groups in total. The van der Waals surface area contributed by atoms with E-state index in [1.165, 1.54) is 17.7 Å². The second-order valence-corrected chi connectivity index (χ2v) is 7.19. The van der Waals surface area contributed by atoms with E-state index in [0.717, 1.165) is 29.0 Å². The SMILES string of the molecule is O=C1CCC(c2ccccc2)N1c1ccc2c(c1)CNN2c1ccc(F)cc1. The van der Waals surface area contributed by atoms with Gasteiger partial charge in [-0.1, -0.05) is 30.3 Å². The smallest absolute Gasteiger partial charge is 0.227 e. The van der Waals surface area contributed by atoms with Gasteiger partial charge in [0, 0.05) is 18.7 Å². The molecule has 4 nitrogen and oxygen atoms in total. The molecule has 1 saturated heterocycles. The predicted octanol–water partition coefficient (Wildman–Crippen LogP) is 4.85. The van der Waals surface area contributed by atoms with Gasteiger partial charge in [0.1, 0.15) is 5.82 Å². The number of fused-ring (bicyclic) bond motifs is 1. The lowest BCUT2D eigenvalue weighted by atomic mass is 10.0. The quantitative estimate of drug-likeness (QED) is 0.713. The highest BCUT2D eigenvalue weighted by Crippen LogP contribution is 2.40. The standard InChI is InChI=1S/C23H20FN3O/c24-18-6-8-19(9-7-18)27-22-11-10-20(14-17(22)15-25-27)26-21(12-13-23(26)28)16-4-2-1-3-5-16/h1-11,14,21,25H,12-13,15H2. The van der Waals surface area contributed by atoms with Crippen molar-refractivity contribution in [1.82, 2.24) is 5.43 Å². The fourth-order valence-electron chi connectivity index (χ4n) is 4.15. The number of carbonyl (C=O) groups excluding carboxylic acids is 1. The van der Waals surface area contributed by atoms with E-state index in [2.05, 4.69) is 23.6 Å². The lowest BCUT2D eigenvalue weighted by molar-refractivity contribution is -0.117. The summed E-state index contributed by atoms with van der Waals surface area (Å²) >= 11 is 0. The summed E-state index contributed by atoms with van der Waals surface area (Å²) < 4.78 is 13.2. The fourth-order valence-corrected chi connectivity index (χ4v) is 4.15. The van der Waals surface area contributed by atoms with E-state index in [1.807, 2.05) is 40.2 Å². The summed E-state index contributed by atoms with van der Waals surface area (Å²) in [4.78, 5) is 14.6. The number of nitrogens with zero attached hydrogens (tertiary/aromatic N) is 2. The number of amides is 1. The van der Waals surface area contributed by atoms with Gasteiger partial charge in [-0.05, 0) is 60.0 Å². The Balaban J connectivity index is 1.48. The first kappa shape index (κ1) is 17.0.